The Bertz CT molecular complexity index is 1610. The minimum Gasteiger partial charge on any atom is -0.497 e. The van der Waals surface area contributed by atoms with Crippen molar-refractivity contribution in [3.05, 3.63) is 95.1 Å². The van der Waals surface area contributed by atoms with Crippen LogP contribution in [0.4, 0.5) is 0 Å². The Labute approximate surface area is 257 Å². The highest BCUT2D eigenvalue weighted by atomic mass is 16.7. The number of esters is 1. The van der Waals surface area contributed by atoms with Crippen molar-refractivity contribution >= 4 is 5.97 Å². The van der Waals surface area contributed by atoms with Gasteiger partial charge in [-0.3, -0.25) is 0 Å². The van der Waals surface area contributed by atoms with E-state index in [1.54, 1.807) is 40.6 Å². The van der Waals surface area contributed by atoms with E-state index in [0.29, 0.717) is 60.4 Å². The molecule has 1 fully saturated rings. The molecule has 0 N–H and O–H groups in total. The molecule has 0 amide bonds. The summed E-state index contributed by atoms with van der Waals surface area (Å²) in [5.74, 6) is 3.16. The second-order valence-electron chi connectivity index (χ2n) is 10.0. The normalized spacial score (nSPS) is 12.9. The third-order valence-electron chi connectivity index (χ3n) is 7.44. The van der Waals surface area contributed by atoms with E-state index in [2.05, 4.69) is 0 Å². The molecule has 1 aliphatic rings. The average molecular weight is 601 g/mol. The largest absolute Gasteiger partial charge is 0.497 e. The maximum atomic E-state index is 12.1. The number of ether oxygens (including phenoxy) is 8. The molecular weight excluding hydrogens is 564 g/mol. The maximum Gasteiger partial charge on any atom is 0.337 e. The highest BCUT2D eigenvalue weighted by Crippen LogP contribution is 2.40. The van der Waals surface area contributed by atoms with E-state index in [9.17, 15) is 4.79 Å². The van der Waals surface area contributed by atoms with Crippen molar-refractivity contribution in [2.24, 2.45) is 0 Å². The second kappa shape index (κ2) is 14.2. The minimum absolute atomic E-state index is 0.419. The molecule has 0 bridgehead atoms. The first-order chi connectivity index (χ1) is 21.5. The monoisotopic (exact) mass is 600 g/mol. The van der Waals surface area contributed by atoms with Crippen LogP contribution in [0, 0.1) is 0 Å². The molecule has 4 aromatic carbocycles. The molecular formula is C35H36O9. The van der Waals surface area contributed by atoms with Gasteiger partial charge in [-0.1, -0.05) is 18.2 Å². The summed E-state index contributed by atoms with van der Waals surface area (Å²) < 4.78 is 44.9. The molecule has 0 radical (unpaired) electrons. The number of hydrogen-bond acceptors (Lipinski definition) is 9. The standard InChI is InChI=1S/C35H36O9/c1-37-26-11-13-27(28-12-9-24(34(36)41-5)20-31(28)39-3)23(19-26)8-6-22-7-14-30(32(18-22)40-4)44-33-21-25(10-15-29(33)38-2)35-42-16-17-43-35/h7,9-15,18-21,35H,6,8,16-17H2,1-5H3. The highest BCUT2D eigenvalue weighted by Gasteiger charge is 2.21. The van der Waals surface area contributed by atoms with Crippen LogP contribution in [-0.4, -0.2) is 54.7 Å². The van der Waals surface area contributed by atoms with E-state index in [1.807, 2.05) is 60.7 Å². The zero-order chi connectivity index (χ0) is 31.1. The molecule has 0 aromatic heterocycles. The van der Waals surface area contributed by atoms with Crippen LogP contribution in [0.3, 0.4) is 0 Å². The van der Waals surface area contributed by atoms with Crippen LogP contribution in [-0.2, 0) is 27.1 Å². The molecule has 0 saturated carbocycles. The van der Waals surface area contributed by atoms with Gasteiger partial charge in [0.25, 0.3) is 0 Å². The van der Waals surface area contributed by atoms with Gasteiger partial charge < -0.3 is 37.9 Å². The summed E-state index contributed by atoms with van der Waals surface area (Å²) in [6.45, 7) is 1.10. The van der Waals surface area contributed by atoms with E-state index < -0.39 is 12.3 Å². The van der Waals surface area contributed by atoms with Gasteiger partial charge in [-0.05, 0) is 84.1 Å². The lowest BCUT2D eigenvalue weighted by molar-refractivity contribution is -0.0442. The van der Waals surface area contributed by atoms with E-state index in [0.717, 1.165) is 33.6 Å². The molecule has 0 spiro atoms. The molecule has 0 atom stereocenters. The smallest absolute Gasteiger partial charge is 0.337 e. The third-order valence-corrected chi connectivity index (χ3v) is 7.44. The summed E-state index contributed by atoms with van der Waals surface area (Å²) >= 11 is 0. The summed E-state index contributed by atoms with van der Waals surface area (Å²) in [6.07, 6.45) is 0.989. The Balaban J connectivity index is 1.39. The Hall–Kier alpha value is -4.73. The summed E-state index contributed by atoms with van der Waals surface area (Å²) in [5.41, 5.74) is 5.23. The van der Waals surface area contributed by atoms with Crippen molar-refractivity contribution in [2.45, 2.75) is 19.1 Å². The van der Waals surface area contributed by atoms with Gasteiger partial charge in [-0.2, -0.15) is 0 Å². The summed E-state index contributed by atoms with van der Waals surface area (Å²) in [5, 5.41) is 0. The quantitative estimate of drug-likeness (QED) is 0.163. The van der Waals surface area contributed by atoms with Crippen LogP contribution in [0.15, 0.2) is 72.8 Å². The fraction of sp³-hybridized carbons (Fsp3) is 0.286. The van der Waals surface area contributed by atoms with Gasteiger partial charge in [-0.25, -0.2) is 4.79 Å². The number of hydrogen-bond donors (Lipinski definition) is 0. The Kier molecular flexibility index (Phi) is 9.89. The highest BCUT2D eigenvalue weighted by molar-refractivity contribution is 5.91. The lowest BCUT2D eigenvalue weighted by Gasteiger charge is -2.17. The van der Waals surface area contributed by atoms with Crippen molar-refractivity contribution in [1.82, 2.24) is 0 Å². The summed E-state index contributed by atoms with van der Waals surface area (Å²) in [4.78, 5) is 12.1. The fourth-order valence-electron chi connectivity index (χ4n) is 5.15. The van der Waals surface area contributed by atoms with Gasteiger partial charge in [-0.15, -0.1) is 0 Å². The number of aryl methyl sites for hydroxylation is 2. The van der Waals surface area contributed by atoms with Gasteiger partial charge in [0.05, 0.1) is 54.3 Å². The predicted octanol–water partition coefficient (Wildman–Crippen LogP) is 6.80. The van der Waals surface area contributed by atoms with Gasteiger partial charge >= 0.3 is 5.97 Å². The predicted molar refractivity (Wildman–Crippen MR) is 164 cm³/mol. The fourth-order valence-corrected chi connectivity index (χ4v) is 5.15. The molecule has 5 rings (SSSR count). The number of methoxy groups -OCH3 is 5. The van der Waals surface area contributed by atoms with Crippen LogP contribution in [0.25, 0.3) is 11.1 Å². The number of rotatable bonds is 12. The average Bonchev–Trinajstić information content (AvgIpc) is 3.62. The lowest BCUT2D eigenvalue weighted by Crippen LogP contribution is -2.03. The zero-order valence-electron chi connectivity index (χ0n) is 25.5. The van der Waals surface area contributed by atoms with Crippen LogP contribution in [0.5, 0.6) is 34.5 Å². The third kappa shape index (κ3) is 6.74. The number of carbonyl (C=O) groups excluding carboxylic acids is 1. The molecule has 4 aromatic rings. The molecule has 9 heteroatoms. The van der Waals surface area contributed by atoms with Crippen molar-refractivity contribution < 1.29 is 42.7 Å². The second-order valence-corrected chi connectivity index (χ2v) is 10.0. The summed E-state index contributed by atoms with van der Waals surface area (Å²) in [7, 11) is 7.80. The number of benzene rings is 4. The van der Waals surface area contributed by atoms with Crippen LogP contribution < -0.4 is 23.7 Å². The van der Waals surface area contributed by atoms with Gasteiger partial charge in [0.15, 0.2) is 29.3 Å². The van der Waals surface area contributed by atoms with Crippen molar-refractivity contribution in [3.63, 3.8) is 0 Å². The van der Waals surface area contributed by atoms with Crippen LogP contribution in [0.1, 0.15) is 33.3 Å². The molecule has 44 heavy (non-hydrogen) atoms. The molecule has 1 saturated heterocycles. The molecule has 1 aliphatic heterocycles. The van der Waals surface area contributed by atoms with E-state index in [-0.39, 0.29) is 0 Å². The maximum absolute atomic E-state index is 12.1. The van der Waals surface area contributed by atoms with Crippen molar-refractivity contribution in [3.8, 4) is 45.6 Å². The van der Waals surface area contributed by atoms with Crippen molar-refractivity contribution in [2.75, 3.05) is 48.8 Å². The van der Waals surface area contributed by atoms with E-state index >= 15 is 0 Å². The number of carbonyl (C=O) groups is 1. The molecule has 230 valence electrons. The minimum atomic E-state index is -0.431. The molecule has 0 unspecified atom stereocenters. The van der Waals surface area contributed by atoms with Gasteiger partial charge in [0.2, 0.25) is 0 Å². The first-order valence-corrected chi connectivity index (χ1v) is 14.2. The first-order valence-electron chi connectivity index (χ1n) is 14.2. The first kappa shape index (κ1) is 30.7. The Morgan fingerprint density at radius 2 is 1.39 bits per heavy atom. The van der Waals surface area contributed by atoms with Crippen LogP contribution in [0.2, 0.25) is 0 Å². The van der Waals surface area contributed by atoms with Crippen LogP contribution >= 0.6 is 0 Å². The van der Waals surface area contributed by atoms with Gasteiger partial charge in [0.1, 0.15) is 11.5 Å². The lowest BCUT2D eigenvalue weighted by atomic mass is 9.93. The topological polar surface area (TPSA) is 90.9 Å². The molecule has 0 aliphatic carbocycles. The van der Waals surface area contributed by atoms with Gasteiger partial charge in [0, 0.05) is 11.1 Å². The Morgan fingerprint density at radius 3 is 2.09 bits per heavy atom. The SMILES string of the molecule is COC(=O)c1ccc(-c2ccc(OC)cc2CCc2ccc(Oc3cc(C4OCCO4)ccc3OC)c(OC)c2)c(OC)c1. The molecule has 1 heterocycles. The van der Waals surface area contributed by atoms with E-state index in [4.69, 9.17) is 37.9 Å². The summed E-state index contributed by atoms with van der Waals surface area (Å²) in [6, 6.07) is 22.7. The van der Waals surface area contributed by atoms with Crippen molar-refractivity contribution in [1.29, 1.82) is 0 Å². The van der Waals surface area contributed by atoms with E-state index in [1.165, 1.54) is 7.11 Å². The zero-order valence-corrected chi connectivity index (χ0v) is 25.5. The Morgan fingerprint density at radius 1 is 0.659 bits per heavy atom. The molecule has 9 nitrogen and oxygen atoms in total.